The maximum Gasteiger partial charge on any atom is 0.408 e. The Kier molecular flexibility index (Phi) is 28.1. The van der Waals surface area contributed by atoms with E-state index in [-0.39, 0.29) is 67.2 Å². The number of likely N-dealkylation sites (tertiary alicyclic amines) is 1. The van der Waals surface area contributed by atoms with Crippen molar-refractivity contribution in [3.63, 3.8) is 0 Å². The number of nitrogens with zero attached hydrogens (tertiary/aromatic N) is 3. The van der Waals surface area contributed by atoms with E-state index < -0.39 is 84.4 Å². The fourth-order valence-corrected chi connectivity index (χ4v) is 10.1. The highest BCUT2D eigenvalue weighted by Crippen LogP contribution is 2.30. The lowest BCUT2D eigenvalue weighted by atomic mass is 9.90. The van der Waals surface area contributed by atoms with E-state index >= 15 is 0 Å². The lowest BCUT2D eigenvalue weighted by molar-refractivity contribution is -0.146. The van der Waals surface area contributed by atoms with Crippen LogP contribution in [0.4, 0.5) is 15.3 Å². The molecule has 1 heterocycles. The van der Waals surface area contributed by atoms with Gasteiger partial charge < -0.3 is 61.6 Å². The molecular weight excluding hydrogens is 1030 g/mol. The van der Waals surface area contributed by atoms with Gasteiger partial charge in [-0.3, -0.25) is 38.5 Å². The first-order valence-corrected chi connectivity index (χ1v) is 27.8. The van der Waals surface area contributed by atoms with Crippen molar-refractivity contribution in [2.75, 3.05) is 66.4 Å². The number of ketones is 1. The van der Waals surface area contributed by atoms with E-state index in [1.54, 1.807) is 56.7 Å². The second-order valence-corrected chi connectivity index (χ2v) is 22.2. The molecule has 1 aliphatic rings. The van der Waals surface area contributed by atoms with E-state index in [4.69, 9.17) is 19.9 Å². The predicted octanol–water partition coefficient (Wildman–Crippen LogP) is 3.94. The van der Waals surface area contributed by atoms with Crippen molar-refractivity contribution in [3.8, 4) is 0 Å². The van der Waals surface area contributed by atoms with Gasteiger partial charge in [0.05, 0.1) is 55.3 Å². The number of alkyl carbamates (subject to hydrolysis) is 1. The van der Waals surface area contributed by atoms with Crippen molar-refractivity contribution in [1.82, 2.24) is 41.3 Å². The summed E-state index contributed by atoms with van der Waals surface area (Å²) in [5.41, 5.74) is 6.70. The van der Waals surface area contributed by atoms with Gasteiger partial charge in [0, 0.05) is 46.6 Å². The zero-order valence-corrected chi connectivity index (χ0v) is 49.5. The van der Waals surface area contributed by atoms with Crippen LogP contribution in [0.2, 0.25) is 0 Å². The Labute approximate surface area is 473 Å². The first-order chi connectivity index (χ1) is 37.7. The Bertz CT molecular complexity index is 2350. The average molecular weight is 1120 g/mol. The summed E-state index contributed by atoms with van der Waals surface area (Å²) in [6, 6.07) is 12.6. The van der Waals surface area contributed by atoms with Gasteiger partial charge in [-0.2, -0.15) is 0 Å². The molecule has 9 atom stereocenters. The number of benzene rings is 2. The number of nitrogens with two attached hydrogens (primary N) is 1. The molecule has 0 saturated carbocycles. The number of Topliss-reactive ketones (excluding diaryl/α,β-unsaturated/α-hetero) is 1. The first-order valence-electron chi connectivity index (χ1n) is 27.8. The summed E-state index contributed by atoms with van der Waals surface area (Å²) in [7, 11) is 6.54. The van der Waals surface area contributed by atoms with Crippen molar-refractivity contribution in [2.45, 2.75) is 162 Å². The Hall–Kier alpha value is -6.65. The highest BCUT2D eigenvalue weighted by molar-refractivity contribution is 5.97. The van der Waals surface area contributed by atoms with Gasteiger partial charge in [0.25, 0.3) is 0 Å². The van der Waals surface area contributed by atoms with Gasteiger partial charge in [-0.1, -0.05) is 83.5 Å². The predicted molar refractivity (Wildman–Crippen MR) is 305 cm³/mol. The van der Waals surface area contributed by atoms with Crippen LogP contribution in [0.1, 0.15) is 112 Å². The molecule has 1 fully saturated rings. The monoisotopic (exact) mass is 1120 g/mol. The zero-order chi connectivity index (χ0) is 59.9. The second-order valence-electron chi connectivity index (χ2n) is 22.2. The van der Waals surface area contributed by atoms with E-state index in [1.807, 2.05) is 82.1 Å². The summed E-state index contributed by atoms with van der Waals surface area (Å²) in [5.74, 6) is -3.43. The number of hydrogen-bond acceptors (Lipinski definition) is 13. The molecule has 9 amide bonds. The normalized spacial score (nSPS) is 16.4. The van der Waals surface area contributed by atoms with Gasteiger partial charge in [0.2, 0.25) is 35.4 Å². The van der Waals surface area contributed by atoms with Crippen molar-refractivity contribution in [1.29, 1.82) is 0 Å². The number of primary amides is 1. The molecule has 1 saturated heterocycles. The molecule has 2 aromatic carbocycles. The minimum absolute atomic E-state index is 0.0406. The number of rotatable bonds is 32. The average Bonchev–Trinajstić information content (AvgIpc) is 3.89. The Balaban J connectivity index is 1.62. The topological polar surface area (TPSA) is 289 Å². The summed E-state index contributed by atoms with van der Waals surface area (Å²) in [6.45, 7) is 16.5. The van der Waals surface area contributed by atoms with Crippen molar-refractivity contribution in [3.05, 3.63) is 65.7 Å². The molecule has 22 nitrogen and oxygen atoms in total. The van der Waals surface area contributed by atoms with E-state index in [0.717, 1.165) is 11.1 Å². The molecule has 2 unspecified atom stereocenters. The summed E-state index contributed by atoms with van der Waals surface area (Å²) in [4.78, 5) is 123. The van der Waals surface area contributed by atoms with E-state index in [2.05, 4.69) is 31.9 Å². The van der Waals surface area contributed by atoms with Crippen molar-refractivity contribution < 1.29 is 57.4 Å². The number of carbonyl (C=O) groups is 9. The van der Waals surface area contributed by atoms with Crippen LogP contribution in [-0.4, -0.2) is 177 Å². The molecule has 0 aliphatic carbocycles. The summed E-state index contributed by atoms with van der Waals surface area (Å²) in [6.07, 6.45) is 1.17. The molecule has 446 valence electrons. The SMILES string of the molecule is CC[C@H](C)C([C@@H](CC(=O)N1CCC[C@H]1[C@H](OC)[C@@H](C)C(=O)N[C@@H](Cc1ccccc1)C(C)=O)OC)N(C)C(=O)CNC(=O)C(C(C)C)N(C)CCc1ccc(NC(=O)[C@H](CCCNC(N)=O)NC(=O)CNC(=O)OC(C)(C)C)cc1. The van der Waals surface area contributed by atoms with Crippen LogP contribution in [0.5, 0.6) is 0 Å². The molecular formula is C58H92N10O12. The smallest absolute Gasteiger partial charge is 0.408 e. The molecule has 80 heavy (non-hydrogen) atoms. The minimum Gasteiger partial charge on any atom is -0.444 e. The van der Waals surface area contributed by atoms with Crippen LogP contribution < -0.4 is 37.6 Å². The standard InChI is InChI=1S/C58H92N10O12/c1-14-37(4)51(46(78-12)33-48(71)68-30-19-23-45(68)52(79-13)38(5)53(73)65-44(39(6)69)32-41-20-16-15-17-21-41)67(11)49(72)35-61-55(75)50(36(2)3)66(10)31-28-40-24-26-42(27-25-40)63-54(74)43(22-18-29-60-56(59)76)64-47(70)34-62-57(77)80-58(7,8)9/h15-17,20-21,24-27,36-38,43-46,50-52H,14,18-19,22-23,28-35H2,1-13H3,(H,61,75)(H,62,77)(H,63,74)(H,64,70)(H,65,73)(H3,59,60,76)/t37-,38+,43-,44-,45-,46+,50?,51?,52+/m0/s1. The highest BCUT2D eigenvalue weighted by Gasteiger charge is 2.42. The summed E-state index contributed by atoms with van der Waals surface area (Å²) in [5, 5.41) is 16.1. The van der Waals surface area contributed by atoms with Gasteiger partial charge >= 0.3 is 12.1 Å². The van der Waals surface area contributed by atoms with E-state index in [9.17, 15) is 43.2 Å². The third-order valence-corrected chi connectivity index (χ3v) is 14.6. The number of likely N-dealkylation sites (N-methyl/N-ethyl adjacent to an activating group) is 2. The van der Waals surface area contributed by atoms with Crippen LogP contribution in [0.15, 0.2) is 54.6 Å². The fraction of sp³-hybridized carbons (Fsp3) is 0.638. The zero-order valence-electron chi connectivity index (χ0n) is 49.5. The van der Waals surface area contributed by atoms with E-state index in [0.29, 0.717) is 57.3 Å². The van der Waals surface area contributed by atoms with Gasteiger partial charge in [-0.05, 0) is 108 Å². The first kappa shape index (κ1) is 67.6. The summed E-state index contributed by atoms with van der Waals surface area (Å²) < 4.78 is 17.1. The fourth-order valence-electron chi connectivity index (χ4n) is 10.1. The van der Waals surface area contributed by atoms with Gasteiger partial charge in [-0.15, -0.1) is 0 Å². The lowest BCUT2D eigenvalue weighted by Gasteiger charge is -2.39. The largest absolute Gasteiger partial charge is 0.444 e. The van der Waals surface area contributed by atoms with Gasteiger partial charge in [0.1, 0.15) is 18.2 Å². The van der Waals surface area contributed by atoms with Crippen LogP contribution >= 0.6 is 0 Å². The molecule has 1 aliphatic heterocycles. The third-order valence-electron chi connectivity index (χ3n) is 14.6. The lowest BCUT2D eigenvalue weighted by Crippen LogP contribution is -2.55. The Morgan fingerprint density at radius 2 is 1.46 bits per heavy atom. The number of nitrogens with one attached hydrogen (secondary N) is 6. The molecule has 2 aromatic rings. The minimum atomic E-state index is -1.01. The van der Waals surface area contributed by atoms with E-state index in [1.165, 1.54) is 21.1 Å². The number of urea groups is 1. The van der Waals surface area contributed by atoms with Crippen LogP contribution in [0.3, 0.4) is 0 Å². The molecule has 3 rings (SSSR count). The quantitative estimate of drug-likeness (QED) is 0.0512. The number of amides is 9. The van der Waals surface area contributed by atoms with Crippen LogP contribution in [0, 0.1) is 17.8 Å². The molecule has 0 bridgehead atoms. The Morgan fingerprint density at radius 1 is 0.800 bits per heavy atom. The number of carbonyl (C=O) groups excluding carboxylic acids is 9. The number of methoxy groups -OCH3 is 2. The number of hydrogen-bond donors (Lipinski definition) is 7. The molecule has 0 radical (unpaired) electrons. The number of ether oxygens (including phenoxy) is 3. The van der Waals surface area contributed by atoms with Crippen molar-refractivity contribution >= 4 is 59.0 Å². The summed E-state index contributed by atoms with van der Waals surface area (Å²) >= 11 is 0. The molecule has 0 aromatic heterocycles. The van der Waals surface area contributed by atoms with Crippen LogP contribution in [0.25, 0.3) is 0 Å². The third kappa shape index (κ3) is 22.1. The Morgan fingerprint density at radius 3 is 2.04 bits per heavy atom. The van der Waals surface area contributed by atoms with Gasteiger partial charge in [0.15, 0.2) is 5.78 Å². The molecule has 22 heteroatoms. The van der Waals surface area contributed by atoms with Crippen LogP contribution in [-0.2, 0) is 60.6 Å². The maximum absolute atomic E-state index is 14.3. The highest BCUT2D eigenvalue weighted by atomic mass is 16.6. The molecule has 8 N–H and O–H groups in total. The second kappa shape index (κ2) is 33.2. The maximum atomic E-state index is 14.3. The van der Waals surface area contributed by atoms with Crippen molar-refractivity contribution in [2.24, 2.45) is 23.5 Å². The number of anilines is 1. The molecule has 0 spiro atoms. The van der Waals surface area contributed by atoms with Gasteiger partial charge in [-0.25, -0.2) is 9.59 Å².